The second-order valence-corrected chi connectivity index (χ2v) is 9.32. The van der Waals surface area contributed by atoms with Crippen molar-refractivity contribution >= 4 is 21.9 Å². The lowest BCUT2D eigenvalue weighted by Crippen LogP contribution is -2.38. The zero-order valence-corrected chi connectivity index (χ0v) is 16.8. The monoisotopic (exact) mass is 408 g/mol. The fourth-order valence-electron chi connectivity index (χ4n) is 3.34. The Kier molecular flexibility index (Phi) is 7.07. The number of ether oxygens (including phenoxy) is 1. The van der Waals surface area contributed by atoms with Crippen LogP contribution in [0.1, 0.15) is 68.1 Å². The van der Waals surface area contributed by atoms with Crippen molar-refractivity contribution in [2.24, 2.45) is 0 Å². The maximum Gasteiger partial charge on any atom is 0.338 e. The van der Waals surface area contributed by atoms with E-state index in [9.17, 15) is 18.0 Å². The first-order valence-electron chi connectivity index (χ1n) is 10.0. The second kappa shape index (κ2) is 9.52. The molecule has 2 aliphatic rings. The molecule has 0 saturated heterocycles. The van der Waals surface area contributed by atoms with E-state index in [4.69, 9.17) is 4.74 Å². The number of amides is 1. The van der Waals surface area contributed by atoms with Crippen LogP contribution in [-0.2, 0) is 19.6 Å². The first kappa shape index (κ1) is 20.8. The summed E-state index contributed by atoms with van der Waals surface area (Å²) in [5, 5.41) is 2.94. The normalized spacial score (nSPS) is 18.7. The van der Waals surface area contributed by atoms with Gasteiger partial charge in [-0.3, -0.25) is 4.79 Å². The maximum atomic E-state index is 12.1. The van der Waals surface area contributed by atoms with Crippen LogP contribution in [0.3, 0.4) is 0 Å². The number of rotatable bonds is 7. The molecule has 154 valence electrons. The van der Waals surface area contributed by atoms with E-state index in [1.165, 1.54) is 43.5 Å². The SMILES string of the molecule is O=C(COC(=O)c1ccc(S(=O)(=O)NC2CC2)cc1)NC1CCCCCCC1. The molecule has 0 heterocycles. The predicted molar refractivity (Wildman–Crippen MR) is 104 cm³/mol. The van der Waals surface area contributed by atoms with Crippen molar-refractivity contribution in [2.45, 2.75) is 74.8 Å². The van der Waals surface area contributed by atoms with E-state index in [-0.39, 0.29) is 35.1 Å². The summed E-state index contributed by atoms with van der Waals surface area (Å²) in [6, 6.07) is 5.71. The van der Waals surface area contributed by atoms with Crippen LogP contribution in [0.4, 0.5) is 0 Å². The summed E-state index contributed by atoms with van der Waals surface area (Å²) < 4.78 is 31.9. The molecule has 0 radical (unpaired) electrons. The third-order valence-electron chi connectivity index (χ3n) is 5.10. The molecule has 28 heavy (non-hydrogen) atoms. The minimum atomic E-state index is -3.55. The zero-order chi connectivity index (χ0) is 20.0. The Morgan fingerprint density at radius 1 is 0.893 bits per heavy atom. The summed E-state index contributed by atoms with van der Waals surface area (Å²) in [4.78, 5) is 24.3. The van der Waals surface area contributed by atoms with Gasteiger partial charge in [-0.05, 0) is 49.9 Å². The van der Waals surface area contributed by atoms with Gasteiger partial charge in [-0.1, -0.05) is 32.1 Å². The summed E-state index contributed by atoms with van der Waals surface area (Å²) in [6.45, 7) is -0.335. The molecular weight excluding hydrogens is 380 g/mol. The van der Waals surface area contributed by atoms with Gasteiger partial charge in [-0.2, -0.15) is 0 Å². The fraction of sp³-hybridized carbons (Fsp3) is 0.600. The highest BCUT2D eigenvalue weighted by atomic mass is 32.2. The molecule has 2 N–H and O–H groups in total. The Hall–Kier alpha value is -1.93. The summed E-state index contributed by atoms with van der Waals surface area (Å²) in [5.41, 5.74) is 0.212. The Bertz CT molecular complexity index is 779. The lowest BCUT2D eigenvalue weighted by Gasteiger charge is -2.20. The lowest BCUT2D eigenvalue weighted by molar-refractivity contribution is -0.125. The van der Waals surface area contributed by atoms with E-state index in [2.05, 4.69) is 10.0 Å². The number of sulfonamides is 1. The number of carbonyl (C=O) groups is 2. The van der Waals surface area contributed by atoms with Gasteiger partial charge in [0, 0.05) is 12.1 Å². The number of nitrogens with one attached hydrogen (secondary N) is 2. The Morgan fingerprint density at radius 2 is 1.50 bits per heavy atom. The lowest BCUT2D eigenvalue weighted by atomic mass is 9.97. The number of hydrogen-bond donors (Lipinski definition) is 2. The van der Waals surface area contributed by atoms with Crippen molar-refractivity contribution in [3.8, 4) is 0 Å². The summed E-state index contributed by atoms with van der Waals surface area (Å²) in [7, 11) is -3.55. The van der Waals surface area contributed by atoms with Crippen LogP contribution in [0, 0.1) is 0 Å². The number of benzene rings is 1. The van der Waals surface area contributed by atoms with Gasteiger partial charge in [0.05, 0.1) is 10.5 Å². The van der Waals surface area contributed by atoms with Crippen molar-refractivity contribution in [2.75, 3.05) is 6.61 Å². The van der Waals surface area contributed by atoms with Gasteiger partial charge in [-0.15, -0.1) is 0 Å². The number of esters is 1. The molecule has 0 unspecified atom stereocenters. The molecule has 0 aliphatic heterocycles. The van der Waals surface area contributed by atoms with Crippen LogP contribution in [0.5, 0.6) is 0 Å². The summed E-state index contributed by atoms with van der Waals surface area (Å²) in [5.74, 6) is -0.946. The van der Waals surface area contributed by atoms with E-state index in [1.54, 1.807) is 0 Å². The van der Waals surface area contributed by atoms with Gasteiger partial charge >= 0.3 is 5.97 Å². The average molecular weight is 409 g/mol. The number of hydrogen-bond acceptors (Lipinski definition) is 5. The van der Waals surface area contributed by atoms with Crippen molar-refractivity contribution in [1.82, 2.24) is 10.0 Å². The van der Waals surface area contributed by atoms with Gasteiger partial charge in [0.1, 0.15) is 0 Å². The molecule has 3 rings (SSSR count). The Morgan fingerprint density at radius 3 is 2.11 bits per heavy atom. The van der Waals surface area contributed by atoms with Crippen molar-refractivity contribution < 1.29 is 22.7 Å². The highest BCUT2D eigenvalue weighted by molar-refractivity contribution is 7.89. The Labute approximate surface area is 166 Å². The first-order valence-corrected chi connectivity index (χ1v) is 11.5. The minimum absolute atomic E-state index is 0.0194. The van der Waals surface area contributed by atoms with Crippen LogP contribution in [-0.4, -0.2) is 39.0 Å². The van der Waals surface area contributed by atoms with Crippen LogP contribution in [0.2, 0.25) is 0 Å². The third-order valence-corrected chi connectivity index (χ3v) is 6.64. The molecule has 1 aromatic carbocycles. The maximum absolute atomic E-state index is 12.1. The molecular formula is C20H28N2O5S. The van der Waals surface area contributed by atoms with Crippen LogP contribution in [0.15, 0.2) is 29.2 Å². The highest BCUT2D eigenvalue weighted by Crippen LogP contribution is 2.22. The standard InChI is InChI=1S/C20H28N2O5S/c23-19(21-16-6-4-2-1-3-5-7-16)14-27-20(24)15-8-12-18(13-9-15)28(25,26)22-17-10-11-17/h8-9,12-13,16-17,22H,1-7,10-11,14H2,(H,21,23). The van der Waals surface area contributed by atoms with E-state index < -0.39 is 16.0 Å². The van der Waals surface area contributed by atoms with Crippen LogP contribution < -0.4 is 10.0 Å². The molecule has 2 fully saturated rings. The van der Waals surface area contributed by atoms with Gasteiger partial charge in [0.2, 0.25) is 10.0 Å². The largest absolute Gasteiger partial charge is 0.452 e. The average Bonchev–Trinajstić information content (AvgIpc) is 3.45. The van der Waals surface area contributed by atoms with Crippen LogP contribution >= 0.6 is 0 Å². The Balaban J connectivity index is 1.46. The third kappa shape index (κ3) is 6.31. The second-order valence-electron chi connectivity index (χ2n) is 7.61. The van der Waals surface area contributed by atoms with Crippen molar-refractivity contribution in [3.63, 3.8) is 0 Å². The molecule has 1 amide bonds. The van der Waals surface area contributed by atoms with E-state index >= 15 is 0 Å². The molecule has 0 aromatic heterocycles. The summed E-state index contributed by atoms with van der Waals surface area (Å²) >= 11 is 0. The van der Waals surface area contributed by atoms with Crippen molar-refractivity contribution in [1.29, 1.82) is 0 Å². The smallest absolute Gasteiger partial charge is 0.338 e. The van der Waals surface area contributed by atoms with Gasteiger partial charge in [-0.25, -0.2) is 17.9 Å². The molecule has 1 aromatic rings. The number of carbonyl (C=O) groups excluding carboxylic acids is 2. The fourth-order valence-corrected chi connectivity index (χ4v) is 4.65. The zero-order valence-electron chi connectivity index (χ0n) is 16.0. The van der Waals surface area contributed by atoms with E-state index in [0.29, 0.717) is 0 Å². The van der Waals surface area contributed by atoms with E-state index in [1.807, 2.05) is 0 Å². The predicted octanol–water partition coefficient (Wildman–Crippen LogP) is 2.51. The van der Waals surface area contributed by atoms with Crippen LogP contribution in [0.25, 0.3) is 0 Å². The molecule has 0 atom stereocenters. The molecule has 8 heteroatoms. The molecule has 0 spiro atoms. The van der Waals surface area contributed by atoms with Crippen molar-refractivity contribution in [3.05, 3.63) is 29.8 Å². The van der Waals surface area contributed by atoms with Gasteiger partial charge in [0.15, 0.2) is 6.61 Å². The summed E-state index contributed by atoms with van der Waals surface area (Å²) in [6.07, 6.45) is 9.50. The molecule has 0 bridgehead atoms. The van der Waals surface area contributed by atoms with E-state index in [0.717, 1.165) is 38.5 Å². The quantitative estimate of drug-likeness (QED) is 0.675. The minimum Gasteiger partial charge on any atom is -0.452 e. The van der Waals surface area contributed by atoms with Gasteiger partial charge in [0.25, 0.3) is 5.91 Å². The first-order chi connectivity index (χ1) is 13.4. The molecule has 2 saturated carbocycles. The molecule has 7 nitrogen and oxygen atoms in total. The topological polar surface area (TPSA) is 102 Å². The molecule has 2 aliphatic carbocycles. The van der Waals surface area contributed by atoms with Gasteiger partial charge < -0.3 is 10.1 Å². The highest BCUT2D eigenvalue weighted by Gasteiger charge is 2.28.